The number of hydrogen-bond donors (Lipinski definition) is 0. The van der Waals surface area contributed by atoms with Crippen molar-refractivity contribution in [2.75, 3.05) is 0 Å². The first-order valence-corrected chi connectivity index (χ1v) is 7.72. The third-order valence-electron chi connectivity index (χ3n) is 2.85. The van der Waals surface area contributed by atoms with E-state index in [1.165, 1.54) is 51.4 Å². The highest BCUT2D eigenvalue weighted by atomic mass is 13.9. The summed E-state index contributed by atoms with van der Waals surface area (Å²) >= 11 is 0. The van der Waals surface area contributed by atoms with Crippen LogP contribution in [0.1, 0.15) is 99.8 Å². The van der Waals surface area contributed by atoms with Crippen molar-refractivity contribution >= 4 is 0 Å². The number of unbranched alkanes of at least 4 members (excludes halogenated alkanes) is 5. The molecule has 0 atom stereocenters. The molecule has 0 bridgehead atoms. The summed E-state index contributed by atoms with van der Waals surface area (Å²) in [6.45, 7) is 15.3. The normalized spacial score (nSPS) is 9.00. The molecule has 0 nitrogen and oxygen atoms in total. The molecule has 0 aromatic rings. The van der Waals surface area contributed by atoms with E-state index in [4.69, 9.17) is 0 Å². The number of rotatable bonds is 7. The van der Waals surface area contributed by atoms with Gasteiger partial charge in [0.15, 0.2) is 0 Å². The molecular weight excluding hydrogens is 192 g/mol. The van der Waals surface area contributed by atoms with Crippen molar-refractivity contribution in [1.29, 1.82) is 0 Å². The zero-order valence-electron chi connectivity index (χ0n) is 13.2. The molecule has 0 saturated heterocycles. The van der Waals surface area contributed by atoms with Gasteiger partial charge in [0, 0.05) is 0 Å². The van der Waals surface area contributed by atoms with Crippen LogP contribution in [0.2, 0.25) is 0 Å². The minimum atomic E-state index is 0.935. The molecule has 102 valence electrons. The van der Waals surface area contributed by atoms with Crippen molar-refractivity contribution < 1.29 is 0 Å². The standard InChI is InChI=1S/C8H18.C6H14.C2H6/c1-3-5-7-8-6-4-2;1-4-6(3)5-2;1-2/h3-8H2,1-2H3;6H,4-5H2,1-3H3;1-2H3. The minimum absolute atomic E-state index is 0.935. The Morgan fingerprint density at radius 2 is 0.938 bits per heavy atom. The lowest BCUT2D eigenvalue weighted by atomic mass is 10.1. The molecule has 0 saturated carbocycles. The second-order valence-corrected chi connectivity index (χ2v) is 4.34. The summed E-state index contributed by atoms with van der Waals surface area (Å²) in [6.07, 6.45) is 11.1. The van der Waals surface area contributed by atoms with Crippen LogP contribution >= 0.6 is 0 Å². The van der Waals surface area contributed by atoms with Crippen LogP contribution in [0.15, 0.2) is 0 Å². The Labute approximate surface area is 106 Å². The summed E-state index contributed by atoms with van der Waals surface area (Å²) in [5, 5.41) is 0. The van der Waals surface area contributed by atoms with E-state index in [2.05, 4.69) is 34.6 Å². The van der Waals surface area contributed by atoms with Gasteiger partial charge >= 0.3 is 0 Å². The zero-order chi connectivity index (χ0) is 13.2. The van der Waals surface area contributed by atoms with Crippen molar-refractivity contribution in [2.24, 2.45) is 5.92 Å². The molecule has 0 aliphatic heterocycles. The largest absolute Gasteiger partial charge is 0.0683 e. The maximum atomic E-state index is 2.28. The maximum absolute atomic E-state index is 2.28. The SMILES string of the molecule is CC.CCC(C)CC.CCCCCCCC. The summed E-state index contributed by atoms with van der Waals surface area (Å²) in [5.41, 5.74) is 0. The average Bonchev–Trinajstić information content (AvgIpc) is 2.37. The summed E-state index contributed by atoms with van der Waals surface area (Å²) in [4.78, 5) is 0. The van der Waals surface area contributed by atoms with E-state index in [0.717, 1.165) is 5.92 Å². The molecule has 0 heteroatoms. The molecule has 0 amide bonds. The van der Waals surface area contributed by atoms with Crippen molar-refractivity contribution in [2.45, 2.75) is 99.8 Å². The van der Waals surface area contributed by atoms with Crippen LogP contribution in [0, 0.1) is 5.92 Å². The van der Waals surface area contributed by atoms with Crippen LogP contribution in [0.25, 0.3) is 0 Å². The molecule has 0 fully saturated rings. The first-order valence-electron chi connectivity index (χ1n) is 7.72. The smallest absolute Gasteiger partial charge is 0.0448 e. The molecule has 0 unspecified atom stereocenters. The van der Waals surface area contributed by atoms with Gasteiger partial charge in [0.1, 0.15) is 0 Å². The Balaban J connectivity index is -0.000000188. The van der Waals surface area contributed by atoms with Gasteiger partial charge in [-0.1, -0.05) is 99.8 Å². The van der Waals surface area contributed by atoms with E-state index in [0.29, 0.717) is 0 Å². The predicted molar refractivity (Wildman–Crippen MR) is 80.1 cm³/mol. The fourth-order valence-electron chi connectivity index (χ4n) is 1.14. The van der Waals surface area contributed by atoms with Crippen molar-refractivity contribution in [3.63, 3.8) is 0 Å². The van der Waals surface area contributed by atoms with Crippen LogP contribution in [0.3, 0.4) is 0 Å². The molecule has 16 heavy (non-hydrogen) atoms. The van der Waals surface area contributed by atoms with E-state index < -0.39 is 0 Å². The quantitative estimate of drug-likeness (QED) is 0.420. The monoisotopic (exact) mass is 230 g/mol. The van der Waals surface area contributed by atoms with E-state index >= 15 is 0 Å². The highest BCUT2D eigenvalue weighted by molar-refractivity contribution is 4.41. The van der Waals surface area contributed by atoms with Crippen LogP contribution in [0.5, 0.6) is 0 Å². The molecule has 0 aliphatic carbocycles. The fraction of sp³-hybridized carbons (Fsp3) is 1.00. The summed E-state index contributed by atoms with van der Waals surface area (Å²) < 4.78 is 0. The second-order valence-electron chi connectivity index (χ2n) is 4.34. The molecular formula is C16H38. The number of hydrogen-bond acceptors (Lipinski definition) is 0. The Bertz CT molecular complexity index is 66.1. The molecule has 0 aromatic carbocycles. The second kappa shape index (κ2) is 24.3. The van der Waals surface area contributed by atoms with Crippen LogP contribution in [0.4, 0.5) is 0 Å². The summed E-state index contributed by atoms with van der Waals surface area (Å²) in [6, 6.07) is 0. The van der Waals surface area contributed by atoms with Gasteiger partial charge in [-0.05, 0) is 5.92 Å². The van der Waals surface area contributed by atoms with Gasteiger partial charge in [0.2, 0.25) is 0 Å². The Hall–Kier alpha value is 0. The Morgan fingerprint density at radius 1 is 0.625 bits per heavy atom. The minimum Gasteiger partial charge on any atom is -0.0683 e. The summed E-state index contributed by atoms with van der Waals surface area (Å²) in [7, 11) is 0. The van der Waals surface area contributed by atoms with E-state index in [9.17, 15) is 0 Å². The molecule has 0 rings (SSSR count). The van der Waals surface area contributed by atoms with Gasteiger partial charge in [0.05, 0.1) is 0 Å². The van der Waals surface area contributed by atoms with Crippen molar-refractivity contribution in [3.05, 3.63) is 0 Å². The van der Waals surface area contributed by atoms with E-state index in [1.54, 1.807) is 0 Å². The lowest BCUT2D eigenvalue weighted by Gasteiger charge is -1.98. The molecule has 0 aromatic heterocycles. The predicted octanol–water partition coefficient (Wildman–Crippen LogP) is 6.84. The highest BCUT2D eigenvalue weighted by Crippen LogP contribution is 2.03. The summed E-state index contributed by atoms with van der Waals surface area (Å²) in [5.74, 6) is 0.935. The zero-order valence-corrected chi connectivity index (χ0v) is 13.2. The fourth-order valence-corrected chi connectivity index (χ4v) is 1.14. The van der Waals surface area contributed by atoms with Gasteiger partial charge in [-0.25, -0.2) is 0 Å². The third kappa shape index (κ3) is 29.2. The molecule has 0 heterocycles. The topological polar surface area (TPSA) is 0 Å². The van der Waals surface area contributed by atoms with Crippen LogP contribution in [-0.4, -0.2) is 0 Å². The van der Waals surface area contributed by atoms with Crippen molar-refractivity contribution in [1.82, 2.24) is 0 Å². The lowest BCUT2D eigenvalue weighted by Crippen LogP contribution is -1.85. The van der Waals surface area contributed by atoms with Crippen LogP contribution < -0.4 is 0 Å². The molecule has 0 N–H and O–H groups in total. The molecule has 0 spiro atoms. The van der Waals surface area contributed by atoms with Gasteiger partial charge < -0.3 is 0 Å². The van der Waals surface area contributed by atoms with Gasteiger partial charge in [-0.15, -0.1) is 0 Å². The Kier molecular flexibility index (Phi) is 32.3. The van der Waals surface area contributed by atoms with Crippen molar-refractivity contribution in [3.8, 4) is 0 Å². The maximum Gasteiger partial charge on any atom is -0.0448 e. The van der Waals surface area contributed by atoms with E-state index in [-0.39, 0.29) is 0 Å². The van der Waals surface area contributed by atoms with Gasteiger partial charge in [0.25, 0.3) is 0 Å². The Morgan fingerprint density at radius 3 is 1.06 bits per heavy atom. The average molecular weight is 230 g/mol. The first-order chi connectivity index (χ1) is 7.72. The van der Waals surface area contributed by atoms with Gasteiger partial charge in [-0.3, -0.25) is 0 Å². The van der Waals surface area contributed by atoms with E-state index in [1.807, 2.05) is 13.8 Å². The lowest BCUT2D eigenvalue weighted by molar-refractivity contribution is 0.544. The van der Waals surface area contributed by atoms with Gasteiger partial charge in [-0.2, -0.15) is 0 Å². The third-order valence-corrected chi connectivity index (χ3v) is 2.85. The molecule has 0 radical (unpaired) electrons. The highest BCUT2D eigenvalue weighted by Gasteiger charge is 1.88. The first kappa shape index (κ1) is 21.3. The molecule has 0 aliphatic rings. The van der Waals surface area contributed by atoms with Crippen LogP contribution in [-0.2, 0) is 0 Å².